The van der Waals surface area contributed by atoms with Gasteiger partial charge in [0.15, 0.2) is 0 Å². The predicted molar refractivity (Wildman–Crippen MR) is 85.6 cm³/mol. The van der Waals surface area contributed by atoms with Gasteiger partial charge in [0.25, 0.3) is 5.69 Å². The van der Waals surface area contributed by atoms with Crippen LogP contribution in [0.15, 0.2) is 18.2 Å². The van der Waals surface area contributed by atoms with E-state index in [1.54, 1.807) is 12.1 Å². The van der Waals surface area contributed by atoms with Gasteiger partial charge in [-0.05, 0) is 31.7 Å². The van der Waals surface area contributed by atoms with Gasteiger partial charge in [0.2, 0.25) is 0 Å². The van der Waals surface area contributed by atoms with E-state index in [0.717, 1.165) is 30.6 Å². The highest BCUT2D eigenvalue weighted by atomic mass is 16.6. The van der Waals surface area contributed by atoms with Gasteiger partial charge >= 0.3 is 0 Å². The Morgan fingerprint density at radius 1 is 1.33 bits per heavy atom. The van der Waals surface area contributed by atoms with Gasteiger partial charge < -0.3 is 10.1 Å². The lowest BCUT2D eigenvalue weighted by molar-refractivity contribution is -0.384. The molecule has 0 spiro atoms. The number of hydrogen-bond acceptors (Lipinski definition) is 4. The van der Waals surface area contributed by atoms with Crippen molar-refractivity contribution in [2.24, 2.45) is 5.92 Å². The van der Waals surface area contributed by atoms with Crippen LogP contribution in [-0.4, -0.2) is 17.6 Å². The smallest absolute Gasteiger partial charge is 0.269 e. The molecule has 1 atom stereocenters. The highest BCUT2D eigenvalue weighted by Crippen LogP contribution is 2.24. The molecule has 5 heteroatoms. The highest BCUT2D eigenvalue weighted by Gasteiger charge is 2.12. The Hall–Kier alpha value is -1.62. The van der Waals surface area contributed by atoms with Gasteiger partial charge in [0.05, 0.1) is 17.6 Å². The maximum absolute atomic E-state index is 10.9. The first-order valence-corrected chi connectivity index (χ1v) is 7.56. The average molecular weight is 294 g/mol. The number of hydrogen-bond donors (Lipinski definition) is 1. The zero-order chi connectivity index (χ0) is 15.8. The Morgan fingerprint density at radius 2 is 2.05 bits per heavy atom. The number of rotatable bonds is 9. The van der Waals surface area contributed by atoms with Crippen LogP contribution >= 0.6 is 0 Å². The summed E-state index contributed by atoms with van der Waals surface area (Å²) in [7, 11) is 0. The van der Waals surface area contributed by atoms with Crippen LogP contribution in [0, 0.1) is 16.0 Å². The van der Waals surface area contributed by atoms with E-state index in [9.17, 15) is 10.1 Å². The van der Waals surface area contributed by atoms with Crippen molar-refractivity contribution in [3.05, 3.63) is 33.9 Å². The molecule has 0 aliphatic carbocycles. The second-order valence-electron chi connectivity index (χ2n) is 5.78. The standard InChI is InChI=1S/C16H26N2O3/c1-5-8-17-16-7-6-15(18(19)20)10-14(16)11-21-13(4)9-12(2)3/h6-7,10,12-13,17H,5,8-9,11H2,1-4H3. The molecule has 1 unspecified atom stereocenters. The van der Waals surface area contributed by atoms with Gasteiger partial charge in [-0.2, -0.15) is 0 Å². The first-order chi connectivity index (χ1) is 9.93. The largest absolute Gasteiger partial charge is 0.385 e. The summed E-state index contributed by atoms with van der Waals surface area (Å²) in [5.41, 5.74) is 1.86. The molecular weight excluding hydrogens is 268 g/mol. The molecule has 1 aromatic carbocycles. The van der Waals surface area contributed by atoms with E-state index < -0.39 is 0 Å². The molecule has 1 rings (SSSR count). The number of nitro groups is 1. The fourth-order valence-electron chi connectivity index (χ4n) is 2.21. The third-order valence-corrected chi connectivity index (χ3v) is 3.19. The van der Waals surface area contributed by atoms with E-state index in [2.05, 4.69) is 26.1 Å². The summed E-state index contributed by atoms with van der Waals surface area (Å²) >= 11 is 0. The molecule has 0 heterocycles. The quantitative estimate of drug-likeness (QED) is 0.542. The van der Waals surface area contributed by atoms with E-state index in [1.807, 2.05) is 6.92 Å². The van der Waals surface area contributed by atoms with Crippen LogP contribution in [0.3, 0.4) is 0 Å². The Balaban J connectivity index is 2.79. The molecule has 1 N–H and O–H groups in total. The summed E-state index contributed by atoms with van der Waals surface area (Å²) in [5.74, 6) is 0.572. The van der Waals surface area contributed by atoms with Gasteiger partial charge in [-0.3, -0.25) is 10.1 Å². The number of non-ortho nitro benzene ring substituents is 1. The minimum atomic E-state index is -0.370. The molecule has 0 aliphatic rings. The monoisotopic (exact) mass is 294 g/mol. The normalized spacial score (nSPS) is 12.4. The summed E-state index contributed by atoms with van der Waals surface area (Å²) in [6.45, 7) is 9.66. The average Bonchev–Trinajstić information content (AvgIpc) is 2.42. The van der Waals surface area contributed by atoms with Crippen molar-refractivity contribution in [1.82, 2.24) is 0 Å². The van der Waals surface area contributed by atoms with Gasteiger partial charge in [-0.1, -0.05) is 20.8 Å². The van der Waals surface area contributed by atoms with Crippen LogP contribution in [0.5, 0.6) is 0 Å². The Morgan fingerprint density at radius 3 is 2.62 bits per heavy atom. The zero-order valence-electron chi connectivity index (χ0n) is 13.4. The molecule has 0 bridgehead atoms. The molecule has 0 aromatic heterocycles. The van der Waals surface area contributed by atoms with E-state index in [4.69, 9.17) is 4.74 Å². The predicted octanol–water partition coefficient (Wildman–Crippen LogP) is 4.37. The summed E-state index contributed by atoms with van der Waals surface area (Å²) < 4.78 is 5.83. The Labute approximate surface area is 126 Å². The fraction of sp³-hybridized carbons (Fsp3) is 0.625. The maximum atomic E-state index is 10.9. The van der Waals surface area contributed by atoms with Crippen LogP contribution in [0.4, 0.5) is 11.4 Å². The lowest BCUT2D eigenvalue weighted by atomic mass is 10.1. The lowest BCUT2D eigenvalue weighted by Gasteiger charge is -2.17. The molecule has 0 saturated heterocycles. The van der Waals surface area contributed by atoms with Gasteiger partial charge in [-0.15, -0.1) is 0 Å². The van der Waals surface area contributed by atoms with Crippen LogP contribution in [0.25, 0.3) is 0 Å². The molecule has 0 aliphatic heterocycles. The highest BCUT2D eigenvalue weighted by molar-refractivity contribution is 5.55. The number of benzene rings is 1. The minimum absolute atomic E-state index is 0.104. The number of ether oxygens (including phenoxy) is 1. The summed E-state index contributed by atoms with van der Waals surface area (Å²) in [6, 6.07) is 4.89. The number of anilines is 1. The topological polar surface area (TPSA) is 64.4 Å². The Kier molecular flexibility index (Phi) is 7.15. The van der Waals surface area contributed by atoms with Crippen molar-refractivity contribution in [3.8, 4) is 0 Å². The van der Waals surface area contributed by atoms with Crippen molar-refractivity contribution in [1.29, 1.82) is 0 Å². The van der Waals surface area contributed by atoms with E-state index in [1.165, 1.54) is 6.07 Å². The van der Waals surface area contributed by atoms with Crippen LogP contribution in [-0.2, 0) is 11.3 Å². The number of nitro benzene ring substituents is 1. The van der Waals surface area contributed by atoms with Crippen molar-refractivity contribution in [2.75, 3.05) is 11.9 Å². The van der Waals surface area contributed by atoms with Crippen molar-refractivity contribution in [3.63, 3.8) is 0 Å². The number of nitrogens with zero attached hydrogens (tertiary/aromatic N) is 1. The minimum Gasteiger partial charge on any atom is -0.385 e. The van der Waals surface area contributed by atoms with E-state index in [0.29, 0.717) is 12.5 Å². The molecular formula is C16H26N2O3. The first kappa shape index (κ1) is 17.4. The molecule has 1 aromatic rings. The third-order valence-electron chi connectivity index (χ3n) is 3.19. The maximum Gasteiger partial charge on any atom is 0.269 e. The summed E-state index contributed by atoms with van der Waals surface area (Å²) in [4.78, 5) is 10.5. The molecule has 0 amide bonds. The molecule has 21 heavy (non-hydrogen) atoms. The molecule has 118 valence electrons. The number of nitrogens with one attached hydrogen (secondary N) is 1. The van der Waals surface area contributed by atoms with Gasteiger partial charge in [-0.25, -0.2) is 0 Å². The van der Waals surface area contributed by atoms with Crippen LogP contribution in [0.1, 0.15) is 46.1 Å². The van der Waals surface area contributed by atoms with Crippen molar-refractivity contribution >= 4 is 11.4 Å². The molecule has 0 radical (unpaired) electrons. The Bertz CT molecular complexity index is 461. The van der Waals surface area contributed by atoms with Crippen molar-refractivity contribution < 1.29 is 9.66 Å². The first-order valence-electron chi connectivity index (χ1n) is 7.56. The fourth-order valence-corrected chi connectivity index (χ4v) is 2.21. The molecule has 0 saturated carbocycles. The van der Waals surface area contributed by atoms with Gasteiger partial charge in [0, 0.05) is 29.9 Å². The second-order valence-corrected chi connectivity index (χ2v) is 5.78. The molecule has 0 fully saturated rings. The SMILES string of the molecule is CCCNc1ccc([N+](=O)[O-])cc1COC(C)CC(C)C. The van der Waals surface area contributed by atoms with Crippen LogP contribution < -0.4 is 5.32 Å². The van der Waals surface area contributed by atoms with Crippen molar-refractivity contribution in [2.45, 2.75) is 53.2 Å². The lowest BCUT2D eigenvalue weighted by Crippen LogP contribution is -2.12. The zero-order valence-corrected chi connectivity index (χ0v) is 13.4. The van der Waals surface area contributed by atoms with Gasteiger partial charge in [0.1, 0.15) is 0 Å². The van der Waals surface area contributed by atoms with Crippen LogP contribution in [0.2, 0.25) is 0 Å². The molecule has 5 nitrogen and oxygen atoms in total. The third kappa shape index (κ3) is 6.12. The van der Waals surface area contributed by atoms with E-state index >= 15 is 0 Å². The van der Waals surface area contributed by atoms with E-state index in [-0.39, 0.29) is 16.7 Å². The summed E-state index contributed by atoms with van der Waals surface area (Å²) in [6.07, 6.45) is 2.12. The summed E-state index contributed by atoms with van der Waals surface area (Å²) in [5, 5.41) is 14.2. The second kappa shape index (κ2) is 8.62.